The number of carbonyl (C=O) groups excluding carboxylic acids is 1. The van der Waals surface area contributed by atoms with Crippen molar-refractivity contribution in [2.24, 2.45) is 5.92 Å². The van der Waals surface area contributed by atoms with Crippen molar-refractivity contribution >= 4 is 12.0 Å². The van der Waals surface area contributed by atoms with Gasteiger partial charge in [-0.25, -0.2) is 4.39 Å². The molecule has 0 bridgehead atoms. The van der Waals surface area contributed by atoms with Crippen LogP contribution in [0.25, 0.3) is 0 Å². The Balaban J connectivity index is 2.18. The normalized spacial score (nSPS) is 14.7. The van der Waals surface area contributed by atoms with Gasteiger partial charge in [-0.3, -0.25) is 4.79 Å². The minimum atomic E-state index is -0.288. The standard InChI is InChI=1S/C14H18FNO/c1-2-7-16(9-11-3-4-11)14-6-5-12(10-17)8-13(14)15/h5-6,8,10-11H,2-4,7,9H2,1H3. The van der Waals surface area contributed by atoms with E-state index in [1.165, 1.54) is 18.9 Å². The molecule has 17 heavy (non-hydrogen) atoms. The lowest BCUT2D eigenvalue weighted by Crippen LogP contribution is -2.27. The highest BCUT2D eigenvalue weighted by Crippen LogP contribution is 2.32. The number of aldehydes is 1. The second-order valence-electron chi connectivity index (χ2n) is 4.72. The molecule has 0 amide bonds. The third-order valence-electron chi connectivity index (χ3n) is 3.12. The predicted molar refractivity (Wildman–Crippen MR) is 67.0 cm³/mol. The maximum atomic E-state index is 13.9. The molecule has 1 saturated carbocycles. The van der Waals surface area contributed by atoms with Crippen LogP contribution in [0.2, 0.25) is 0 Å². The summed E-state index contributed by atoms with van der Waals surface area (Å²) >= 11 is 0. The van der Waals surface area contributed by atoms with Crippen LogP contribution in [0.5, 0.6) is 0 Å². The third-order valence-corrected chi connectivity index (χ3v) is 3.12. The Morgan fingerprint density at radius 3 is 2.76 bits per heavy atom. The first-order chi connectivity index (χ1) is 8.24. The molecule has 3 heteroatoms. The molecule has 1 aromatic rings. The molecule has 0 radical (unpaired) electrons. The highest BCUT2D eigenvalue weighted by atomic mass is 19.1. The lowest BCUT2D eigenvalue weighted by Gasteiger charge is -2.24. The first-order valence-corrected chi connectivity index (χ1v) is 6.24. The van der Waals surface area contributed by atoms with Crippen LogP contribution in [0, 0.1) is 11.7 Å². The van der Waals surface area contributed by atoms with Gasteiger partial charge in [-0.1, -0.05) is 6.92 Å². The fraction of sp³-hybridized carbons (Fsp3) is 0.500. The van der Waals surface area contributed by atoms with Crippen LogP contribution >= 0.6 is 0 Å². The predicted octanol–water partition coefficient (Wildman–Crippen LogP) is 3.26. The molecule has 0 aromatic heterocycles. The third kappa shape index (κ3) is 3.05. The summed E-state index contributed by atoms with van der Waals surface area (Å²) < 4.78 is 13.9. The number of anilines is 1. The van der Waals surface area contributed by atoms with E-state index in [0.717, 1.165) is 25.4 Å². The largest absolute Gasteiger partial charge is 0.369 e. The van der Waals surface area contributed by atoms with Gasteiger partial charge in [-0.2, -0.15) is 0 Å². The van der Waals surface area contributed by atoms with Gasteiger partial charge in [0, 0.05) is 18.7 Å². The number of rotatable bonds is 6. The van der Waals surface area contributed by atoms with E-state index >= 15 is 0 Å². The summed E-state index contributed by atoms with van der Waals surface area (Å²) in [5, 5.41) is 0. The average Bonchev–Trinajstić information content (AvgIpc) is 3.12. The Kier molecular flexibility index (Phi) is 3.77. The van der Waals surface area contributed by atoms with E-state index in [1.54, 1.807) is 12.1 Å². The number of nitrogens with zero attached hydrogens (tertiary/aromatic N) is 1. The summed E-state index contributed by atoms with van der Waals surface area (Å²) in [6, 6.07) is 4.72. The van der Waals surface area contributed by atoms with Crippen LogP contribution in [0.15, 0.2) is 18.2 Å². The summed E-state index contributed by atoms with van der Waals surface area (Å²) in [6.07, 6.45) is 4.20. The molecule has 0 unspecified atom stereocenters. The van der Waals surface area contributed by atoms with Crippen molar-refractivity contribution < 1.29 is 9.18 Å². The zero-order valence-electron chi connectivity index (χ0n) is 10.2. The Labute approximate surface area is 101 Å². The molecule has 0 saturated heterocycles. The van der Waals surface area contributed by atoms with E-state index in [1.807, 2.05) is 0 Å². The van der Waals surface area contributed by atoms with Crippen molar-refractivity contribution in [1.29, 1.82) is 0 Å². The zero-order chi connectivity index (χ0) is 12.3. The van der Waals surface area contributed by atoms with E-state index in [4.69, 9.17) is 0 Å². The Hall–Kier alpha value is -1.38. The topological polar surface area (TPSA) is 20.3 Å². The van der Waals surface area contributed by atoms with Gasteiger partial charge in [0.15, 0.2) is 0 Å². The highest BCUT2D eigenvalue weighted by molar-refractivity contribution is 5.76. The van der Waals surface area contributed by atoms with Crippen molar-refractivity contribution in [1.82, 2.24) is 0 Å². The van der Waals surface area contributed by atoms with Crippen molar-refractivity contribution in [3.8, 4) is 0 Å². The molecular formula is C14H18FNO. The van der Waals surface area contributed by atoms with Gasteiger partial charge in [0.05, 0.1) is 5.69 Å². The minimum Gasteiger partial charge on any atom is -0.369 e. The Morgan fingerprint density at radius 1 is 1.47 bits per heavy atom. The molecule has 0 spiro atoms. The van der Waals surface area contributed by atoms with Crippen LogP contribution in [-0.2, 0) is 0 Å². The van der Waals surface area contributed by atoms with Crippen LogP contribution in [-0.4, -0.2) is 19.4 Å². The van der Waals surface area contributed by atoms with Gasteiger partial charge < -0.3 is 4.90 Å². The summed E-state index contributed by atoms with van der Waals surface area (Å²) in [5.74, 6) is 0.440. The van der Waals surface area contributed by atoms with Gasteiger partial charge in [-0.05, 0) is 43.4 Å². The summed E-state index contributed by atoms with van der Waals surface area (Å²) in [5.41, 5.74) is 1.03. The SMILES string of the molecule is CCCN(CC1CC1)c1ccc(C=O)cc1F. The summed E-state index contributed by atoms with van der Waals surface area (Å²) in [7, 11) is 0. The van der Waals surface area contributed by atoms with E-state index < -0.39 is 0 Å². The molecule has 92 valence electrons. The molecule has 2 rings (SSSR count). The average molecular weight is 235 g/mol. The molecule has 0 N–H and O–H groups in total. The Morgan fingerprint density at radius 2 is 2.24 bits per heavy atom. The van der Waals surface area contributed by atoms with E-state index in [0.29, 0.717) is 17.5 Å². The quantitative estimate of drug-likeness (QED) is 0.705. The van der Waals surface area contributed by atoms with Gasteiger partial charge in [0.25, 0.3) is 0 Å². The molecule has 2 nitrogen and oxygen atoms in total. The molecule has 0 heterocycles. The van der Waals surface area contributed by atoms with Gasteiger partial charge >= 0.3 is 0 Å². The smallest absolute Gasteiger partial charge is 0.150 e. The number of halogens is 1. The number of carbonyl (C=O) groups is 1. The zero-order valence-corrected chi connectivity index (χ0v) is 10.2. The molecule has 0 aliphatic heterocycles. The maximum absolute atomic E-state index is 13.9. The first kappa shape index (κ1) is 12.1. The van der Waals surface area contributed by atoms with E-state index in [-0.39, 0.29) is 5.82 Å². The fourth-order valence-electron chi connectivity index (χ4n) is 2.05. The van der Waals surface area contributed by atoms with Gasteiger partial charge in [0.1, 0.15) is 12.1 Å². The Bertz CT molecular complexity index is 401. The van der Waals surface area contributed by atoms with Crippen LogP contribution in [0.1, 0.15) is 36.5 Å². The first-order valence-electron chi connectivity index (χ1n) is 6.24. The molecule has 1 aliphatic rings. The lowest BCUT2D eigenvalue weighted by molar-refractivity contribution is 0.112. The second-order valence-corrected chi connectivity index (χ2v) is 4.72. The van der Waals surface area contributed by atoms with E-state index in [9.17, 15) is 9.18 Å². The monoisotopic (exact) mass is 235 g/mol. The molecule has 1 aromatic carbocycles. The number of hydrogen-bond acceptors (Lipinski definition) is 2. The lowest BCUT2D eigenvalue weighted by atomic mass is 10.2. The second kappa shape index (κ2) is 5.30. The molecule has 0 atom stereocenters. The van der Waals surface area contributed by atoms with Gasteiger partial charge in [-0.15, -0.1) is 0 Å². The number of benzene rings is 1. The summed E-state index contributed by atoms with van der Waals surface area (Å²) in [6.45, 7) is 3.90. The van der Waals surface area contributed by atoms with E-state index in [2.05, 4.69) is 11.8 Å². The fourth-order valence-corrected chi connectivity index (χ4v) is 2.05. The van der Waals surface area contributed by atoms with Crippen LogP contribution in [0.3, 0.4) is 0 Å². The van der Waals surface area contributed by atoms with Crippen molar-refractivity contribution in [3.05, 3.63) is 29.6 Å². The van der Waals surface area contributed by atoms with Crippen LogP contribution in [0.4, 0.5) is 10.1 Å². The number of hydrogen-bond donors (Lipinski definition) is 0. The van der Waals surface area contributed by atoms with Gasteiger partial charge in [0.2, 0.25) is 0 Å². The highest BCUT2D eigenvalue weighted by Gasteiger charge is 2.25. The van der Waals surface area contributed by atoms with Crippen molar-refractivity contribution in [2.45, 2.75) is 26.2 Å². The van der Waals surface area contributed by atoms with Crippen LogP contribution < -0.4 is 4.90 Å². The van der Waals surface area contributed by atoms with Crippen molar-refractivity contribution in [3.63, 3.8) is 0 Å². The molecule has 1 aliphatic carbocycles. The minimum absolute atomic E-state index is 0.288. The maximum Gasteiger partial charge on any atom is 0.150 e. The van der Waals surface area contributed by atoms with Crippen molar-refractivity contribution in [2.75, 3.05) is 18.0 Å². The summed E-state index contributed by atoms with van der Waals surface area (Å²) in [4.78, 5) is 12.7. The molecule has 1 fully saturated rings. The molecular weight excluding hydrogens is 217 g/mol.